The van der Waals surface area contributed by atoms with Crippen molar-refractivity contribution in [2.75, 3.05) is 13.1 Å². The number of hydrogen-bond donors (Lipinski definition) is 1. The average Bonchev–Trinajstić information content (AvgIpc) is 2.66. The van der Waals surface area contributed by atoms with E-state index in [1.807, 2.05) is 0 Å². The van der Waals surface area contributed by atoms with E-state index in [0.29, 0.717) is 5.41 Å². The summed E-state index contributed by atoms with van der Waals surface area (Å²) in [6, 6.07) is 9.23. The van der Waals surface area contributed by atoms with Gasteiger partial charge in [0.1, 0.15) is 0 Å². The number of hydrogen-bond acceptors (Lipinski definition) is 1. The Morgan fingerprint density at radius 3 is 2.26 bits per heavy atom. The largest absolute Gasteiger partial charge is 0.316 e. The zero-order chi connectivity index (χ0) is 12.9. The maximum absolute atomic E-state index is 3.62. The van der Waals surface area contributed by atoms with Crippen LogP contribution in [0.5, 0.6) is 0 Å². The first kappa shape index (κ1) is 12.0. The standard InChI is InChI=1S/C18H25N/c1-13-12-19-9-8-18(13)16-6-7-17(18)11-15-5-3-2-4-14(15)10-16/h2-5,13,16-17,19H,6-12H2,1H3. The topological polar surface area (TPSA) is 12.0 Å². The van der Waals surface area contributed by atoms with Crippen molar-refractivity contribution >= 4 is 0 Å². The summed E-state index contributed by atoms with van der Waals surface area (Å²) < 4.78 is 0. The first-order valence-electron chi connectivity index (χ1n) is 8.08. The zero-order valence-corrected chi connectivity index (χ0v) is 12.0. The highest BCUT2D eigenvalue weighted by Crippen LogP contribution is 2.59. The Hall–Kier alpha value is -0.820. The predicted octanol–water partition coefficient (Wildman–Crippen LogP) is 3.43. The molecule has 0 amide bonds. The maximum Gasteiger partial charge on any atom is -0.00176 e. The minimum atomic E-state index is 0.643. The minimum absolute atomic E-state index is 0.643. The van der Waals surface area contributed by atoms with Gasteiger partial charge in [0.2, 0.25) is 0 Å². The Kier molecular flexibility index (Phi) is 2.73. The van der Waals surface area contributed by atoms with Crippen molar-refractivity contribution in [1.82, 2.24) is 5.32 Å². The van der Waals surface area contributed by atoms with E-state index >= 15 is 0 Å². The lowest BCUT2D eigenvalue weighted by Crippen LogP contribution is -2.49. The normalized spacial score (nSPS) is 41.0. The number of rotatable bonds is 0. The van der Waals surface area contributed by atoms with Gasteiger partial charge < -0.3 is 5.32 Å². The number of piperidine rings is 1. The lowest BCUT2D eigenvalue weighted by Gasteiger charge is -2.48. The highest BCUT2D eigenvalue weighted by molar-refractivity contribution is 5.31. The maximum atomic E-state index is 3.62. The molecule has 1 aromatic carbocycles. The summed E-state index contributed by atoms with van der Waals surface area (Å²) in [6.45, 7) is 4.99. The van der Waals surface area contributed by atoms with Gasteiger partial charge in [-0.05, 0) is 79.5 Å². The Bertz CT molecular complexity index is 445. The van der Waals surface area contributed by atoms with Crippen LogP contribution in [0.2, 0.25) is 0 Å². The van der Waals surface area contributed by atoms with Crippen LogP contribution in [0.1, 0.15) is 37.3 Å². The molecule has 102 valence electrons. The molecule has 1 saturated heterocycles. The summed E-state index contributed by atoms with van der Waals surface area (Å²) in [6.07, 6.45) is 7.05. The molecule has 2 fully saturated rings. The highest BCUT2D eigenvalue weighted by atomic mass is 14.9. The van der Waals surface area contributed by atoms with Crippen LogP contribution in [0.4, 0.5) is 0 Å². The van der Waals surface area contributed by atoms with Crippen molar-refractivity contribution < 1.29 is 0 Å². The Labute approximate surface area is 116 Å². The van der Waals surface area contributed by atoms with E-state index in [0.717, 1.165) is 17.8 Å². The third-order valence-corrected chi connectivity index (χ3v) is 6.54. The molecule has 2 aliphatic carbocycles. The molecule has 3 unspecified atom stereocenters. The van der Waals surface area contributed by atoms with E-state index in [1.165, 1.54) is 45.2 Å². The predicted molar refractivity (Wildman–Crippen MR) is 79.1 cm³/mol. The molecule has 19 heavy (non-hydrogen) atoms. The van der Waals surface area contributed by atoms with E-state index in [4.69, 9.17) is 0 Å². The first-order valence-corrected chi connectivity index (χ1v) is 8.08. The molecular weight excluding hydrogens is 230 g/mol. The second-order valence-electron chi connectivity index (χ2n) is 7.12. The van der Waals surface area contributed by atoms with Gasteiger partial charge in [0, 0.05) is 0 Å². The molecule has 0 aromatic heterocycles. The second-order valence-corrected chi connectivity index (χ2v) is 7.12. The van der Waals surface area contributed by atoms with Crippen molar-refractivity contribution in [3.63, 3.8) is 0 Å². The van der Waals surface area contributed by atoms with Gasteiger partial charge in [0.05, 0.1) is 0 Å². The molecule has 1 spiro atoms. The molecule has 1 N–H and O–H groups in total. The number of fused-ring (bicyclic) bond motifs is 1. The molecule has 1 heterocycles. The summed E-state index contributed by atoms with van der Waals surface area (Å²) in [5, 5.41) is 3.62. The summed E-state index contributed by atoms with van der Waals surface area (Å²) >= 11 is 0. The monoisotopic (exact) mass is 255 g/mol. The van der Waals surface area contributed by atoms with Crippen molar-refractivity contribution in [3.8, 4) is 0 Å². The molecule has 0 radical (unpaired) electrons. The summed E-state index contributed by atoms with van der Waals surface area (Å²) in [5.41, 5.74) is 3.95. The lowest BCUT2D eigenvalue weighted by molar-refractivity contribution is 0.0270. The van der Waals surface area contributed by atoms with E-state index < -0.39 is 0 Å². The van der Waals surface area contributed by atoms with Gasteiger partial charge in [-0.1, -0.05) is 31.2 Å². The molecule has 1 aliphatic heterocycles. The average molecular weight is 255 g/mol. The third kappa shape index (κ3) is 1.64. The fourth-order valence-corrected chi connectivity index (χ4v) is 5.62. The summed E-state index contributed by atoms with van der Waals surface area (Å²) in [7, 11) is 0. The summed E-state index contributed by atoms with van der Waals surface area (Å²) in [5.74, 6) is 2.74. The van der Waals surface area contributed by atoms with Gasteiger partial charge in [0.25, 0.3) is 0 Å². The van der Waals surface area contributed by atoms with Gasteiger partial charge in [0.15, 0.2) is 0 Å². The summed E-state index contributed by atoms with van der Waals surface area (Å²) in [4.78, 5) is 0. The van der Waals surface area contributed by atoms with Crippen LogP contribution in [-0.4, -0.2) is 13.1 Å². The van der Waals surface area contributed by atoms with Gasteiger partial charge in [-0.15, -0.1) is 0 Å². The van der Waals surface area contributed by atoms with Crippen LogP contribution in [0.15, 0.2) is 24.3 Å². The molecule has 3 atom stereocenters. The molecule has 1 saturated carbocycles. The van der Waals surface area contributed by atoms with Crippen molar-refractivity contribution in [2.45, 2.75) is 39.0 Å². The fourth-order valence-electron chi connectivity index (χ4n) is 5.62. The zero-order valence-electron chi connectivity index (χ0n) is 12.0. The van der Waals surface area contributed by atoms with Gasteiger partial charge in [-0.2, -0.15) is 0 Å². The van der Waals surface area contributed by atoms with Crippen LogP contribution in [0.25, 0.3) is 0 Å². The van der Waals surface area contributed by atoms with Crippen molar-refractivity contribution in [3.05, 3.63) is 35.4 Å². The number of nitrogens with one attached hydrogen (secondary N) is 1. The first-order chi connectivity index (χ1) is 9.30. The van der Waals surface area contributed by atoms with Gasteiger partial charge >= 0.3 is 0 Å². The quantitative estimate of drug-likeness (QED) is 0.749. The molecule has 4 rings (SSSR count). The van der Waals surface area contributed by atoms with Crippen LogP contribution < -0.4 is 5.32 Å². The van der Waals surface area contributed by atoms with Crippen molar-refractivity contribution in [2.24, 2.45) is 23.2 Å². The highest BCUT2D eigenvalue weighted by Gasteiger charge is 2.54. The molecule has 1 nitrogen and oxygen atoms in total. The molecule has 2 bridgehead atoms. The third-order valence-electron chi connectivity index (χ3n) is 6.54. The minimum Gasteiger partial charge on any atom is -0.316 e. The molecule has 3 aliphatic rings. The van der Waals surface area contributed by atoms with Crippen LogP contribution >= 0.6 is 0 Å². The number of benzene rings is 1. The second kappa shape index (κ2) is 4.34. The van der Waals surface area contributed by atoms with E-state index in [9.17, 15) is 0 Å². The van der Waals surface area contributed by atoms with Gasteiger partial charge in [-0.3, -0.25) is 0 Å². The van der Waals surface area contributed by atoms with E-state index in [-0.39, 0.29) is 0 Å². The molecular formula is C18H25N. The van der Waals surface area contributed by atoms with Crippen LogP contribution in [-0.2, 0) is 12.8 Å². The SMILES string of the molecule is CC1CNCCC12C1CCC2Cc2ccccc2C1. The van der Waals surface area contributed by atoms with Crippen molar-refractivity contribution in [1.29, 1.82) is 0 Å². The smallest absolute Gasteiger partial charge is 0.00176 e. The molecule has 1 aromatic rings. The fraction of sp³-hybridized carbons (Fsp3) is 0.667. The Balaban J connectivity index is 1.77. The van der Waals surface area contributed by atoms with Crippen LogP contribution in [0, 0.1) is 23.2 Å². The van der Waals surface area contributed by atoms with E-state index in [1.54, 1.807) is 11.1 Å². The Morgan fingerprint density at radius 2 is 1.68 bits per heavy atom. The lowest BCUT2D eigenvalue weighted by atomic mass is 9.60. The van der Waals surface area contributed by atoms with Gasteiger partial charge in [-0.25, -0.2) is 0 Å². The van der Waals surface area contributed by atoms with Crippen LogP contribution in [0.3, 0.4) is 0 Å². The Morgan fingerprint density at radius 1 is 1.05 bits per heavy atom. The van der Waals surface area contributed by atoms with E-state index in [2.05, 4.69) is 36.5 Å². The molecule has 1 heteroatoms.